The zero-order chi connectivity index (χ0) is 17.4. The first-order valence-electron chi connectivity index (χ1n) is 8.00. The van der Waals surface area contributed by atoms with Crippen molar-refractivity contribution in [2.45, 2.75) is 29.8 Å². The highest BCUT2D eigenvalue weighted by Gasteiger charge is 2.28. The number of halogens is 1. The molecule has 0 amide bonds. The summed E-state index contributed by atoms with van der Waals surface area (Å²) in [6, 6.07) is 13.8. The number of aromatic nitrogens is 2. The number of para-hydroxylation sites is 1. The molecule has 0 unspecified atom stereocenters. The number of nitrogens with zero attached hydrogens (tertiary/aromatic N) is 3. The highest BCUT2D eigenvalue weighted by atomic mass is 32.2. The molecule has 1 saturated carbocycles. The maximum Gasteiger partial charge on any atom is 0.262 e. The van der Waals surface area contributed by atoms with E-state index in [4.69, 9.17) is 5.26 Å². The average Bonchev–Trinajstić information content (AvgIpc) is 3.46. The van der Waals surface area contributed by atoms with Crippen molar-refractivity contribution < 1.29 is 4.39 Å². The minimum Gasteiger partial charge on any atom is -0.284 e. The van der Waals surface area contributed by atoms with Crippen LogP contribution in [0.3, 0.4) is 0 Å². The van der Waals surface area contributed by atoms with Crippen LogP contribution in [0.25, 0.3) is 10.9 Å². The molecule has 4 rings (SSSR count). The van der Waals surface area contributed by atoms with Crippen molar-refractivity contribution in [3.05, 3.63) is 69.8 Å². The summed E-state index contributed by atoms with van der Waals surface area (Å²) >= 11 is 1.33. The summed E-state index contributed by atoms with van der Waals surface area (Å²) in [5.41, 5.74) is 1.47. The topological polar surface area (TPSA) is 58.7 Å². The highest BCUT2D eigenvalue weighted by molar-refractivity contribution is 7.98. The number of fused-ring (bicyclic) bond motifs is 1. The lowest BCUT2D eigenvalue weighted by molar-refractivity contribution is 0.612. The fourth-order valence-electron chi connectivity index (χ4n) is 2.78. The Kier molecular flexibility index (Phi) is 4.02. The Morgan fingerprint density at radius 3 is 2.84 bits per heavy atom. The van der Waals surface area contributed by atoms with Crippen molar-refractivity contribution >= 4 is 22.7 Å². The fraction of sp³-hybridized carbons (Fsp3) is 0.211. The van der Waals surface area contributed by atoms with Gasteiger partial charge in [0.15, 0.2) is 5.16 Å². The second kappa shape index (κ2) is 6.34. The molecule has 124 valence electrons. The van der Waals surface area contributed by atoms with E-state index in [1.807, 2.05) is 24.3 Å². The van der Waals surface area contributed by atoms with Crippen molar-refractivity contribution in [2.75, 3.05) is 0 Å². The molecule has 0 aliphatic heterocycles. The van der Waals surface area contributed by atoms with Crippen molar-refractivity contribution in [3.63, 3.8) is 0 Å². The van der Waals surface area contributed by atoms with Crippen LogP contribution in [-0.2, 0) is 5.75 Å². The van der Waals surface area contributed by atoms with Gasteiger partial charge in [0.25, 0.3) is 5.56 Å². The summed E-state index contributed by atoms with van der Waals surface area (Å²) in [6.45, 7) is 0. The number of hydrogen-bond donors (Lipinski definition) is 0. The minimum atomic E-state index is -0.354. The van der Waals surface area contributed by atoms with Crippen LogP contribution < -0.4 is 5.56 Å². The van der Waals surface area contributed by atoms with Crippen LogP contribution in [0.15, 0.2) is 52.4 Å². The van der Waals surface area contributed by atoms with Gasteiger partial charge in [-0.2, -0.15) is 5.26 Å². The zero-order valence-electron chi connectivity index (χ0n) is 13.3. The normalized spacial score (nSPS) is 13.8. The van der Waals surface area contributed by atoms with Gasteiger partial charge in [0.2, 0.25) is 0 Å². The molecule has 6 heteroatoms. The van der Waals surface area contributed by atoms with Crippen molar-refractivity contribution in [3.8, 4) is 6.07 Å². The van der Waals surface area contributed by atoms with Gasteiger partial charge >= 0.3 is 0 Å². The van der Waals surface area contributed by atoms with Crippen molar-refractivity contribution in [1.29, 1.82) is 5.26 Å². The molecule has 3 aromatic rings. The summed E-state index contributed by atoms with van der Waals surface area (Å²) in [5, 5.41) is 10.2. The van der Waals surface area contributed by atoms with Crippen LogP contribution in [-0.4, -0.2) is 9.55 Å². The predicted octanol–water partition coefficient (Wildman–Crippen LogP) is 4.03. The van der Waals surface area contributed by atoms with E-state index in [0.29, 0.717) is 32.9 Å². The van der Waals surface area contributed by atoms with Crippen LogP contribution in [0, 0.1) is 17.1 Å². The van der Waals surface area contributed by atoms with E-state index >= 15 is 0 Å². The second-order valence-electron chi connectivity index (χ2n) is 6.02. The first kappa shape index (κ1) is 15.9. The van der Waals surface area contributed by atoms with Gasteiger partial charge in [-0.15, -0.1) is 0 Å². The van der Waals surface area contributed by atoms with Gasteiger partial charge in [-0.05, 0) is 48.7 Å². The quantitative estimate of drug-likeness (QED) is 0.526. The lowest BCUT2D eigenvalue weighted by atomic mass is 10.1. The number of nitriles is 1. The summed E-state index contributed by atoms with van der Waals surface area (Å²) in [6.07, 6.45) is 1.93. The molecule has 0 atom stereocenters. The lowest BCUT2D eigenvalue weighted by Crippen LogP contribution is -2.22. The standard InChI is InChI=1S/C19H14FN3OS/c20-16-8-5-12(10-21)9-13(16)11-25-19-22-17-4-2-1-3-15(17)18(24)23(19)14-6-7-14/h1-5,8-9,14H,6-7,11H2. The predicted molar refractivity (Wildman–Crippen MR) is 95.0 cm³/mol. The molecule has 4 nitrogen and oxygen atoms in total. The third-order valence-corrected chi connectivity index (χ3v) is 5.22. The molecule has 1 fully saturated rings. The van der Waals surface area contributed by atoms with Gasteiger partial charge in [-0.25, -0.2) is 9.37 Å². The van der Waals surface area contributed by atoms with E-state index in [-0.39, 0.29) is 17.4 Å². The van der Waals surface area contributed by atoms with Crippen LogP contribution in [0.4, 0.5) is 4.39 Å². The largest absolute Gasteiger partial charge is 0.284 e. The van der Waals surface area contributed by atoms with E-state index in [9.17, 15) is 9.18 Å². The van der Waals surface area contributed by atoms with Crippen LogP contribution >= 0.6 is 11.8 Å². The number of rotatable bonds is 4. The molecule has 25 heavy (non-hydrogen) atoms. The first-order valence-corrected chi connectivity index (χ1v) is 8.98. The molecule has 0 N–H and O–H groups in total. The van der Waals surface area contributed by atoms with E-state index in [2.05, 4.69) is 4.98 Å². The molecule has 2 aromatic carbocycles. The van der Waals surface area contributed by atoms with Crippen LogP contribution in [0.2, 0.25) is 0 Å². The van der Waals surface area contributed by atoms with Gasteiger partial charge in [0.1, 0.15) is 5.82 Å². The Balaban J connectivity index is 1.73. The van der Waals surface area contributed by atoms with Gasteiger partial charge in [0, 0.05) is 11.8 Å². The molecule has 0 saturated heterocycles. The molecule has 0 radical (unpaired) electrons. The highest BCUT2D eigenvalue weighted by Crippen LogP contribution is 2.37. The van der Waals surface area contributed by atoms with Gasteiger partial charge in [0.05, 0.1) is 22.5 Å². The second-order valence-corrected chi connectivity index (χ2v) is 6.97. The van der Waals surface area contributed by atoms with Gasteiger partial charge in [-0.1, -0.05) is 23.9 Å². The molecular formula is C19H14FN3OS. The van der Waals surface area contributed by atoms with Crippen molar-refractivity contribution in [1.82, 2.24) is 9.55 Å². The summed E-state index contributed by atoms with van der Waals surface area (Å²) in [7, 11) is 0. The third kappa shape index (κ3) is 3.03. The van der Waals surface area contributed by atoms with Crippen LogP contribution in [0.5, 0.6) is 0 Å². The Labute approximate surface area is 147 Å². The average molecular weight is 351 g/mol. The maximum absolute atomic E-state index is 14.0. The fourth-order valence-corrected chi connectivity index (χ4v) is 3.82. The maximum atomic E-state index is 14.0. The van der Waals surface area contributed by atoms with E-state index in [0.717, 1.165) is 12.8 Å². The molecule has 0 spiro atoms. The molecular weight excluding hydrogens is 337 g/mol. The molecule has 1 aromatic heterocycles. The zero-order valence-corrected chi connectivity index (χ0v) is 14.1. The summed E-state index contributed by atoms with van der Waals surface area (Å²) < 4.78 is 15.7. The van der Waals surface area contributed by atoms with Gasteiger partial charge in [-0.3, -0.25) is 9.36 Å². The van der Waals surface area contributed by atoms with Crippen molar-refractivity contribution in [2.24, 2.45) is 0 Å². The minimum absolute atomic E-state index is 0.0400. The van der Waals surface area contributed by atoms with E-state index in [1.165, 1.54) is 23.9 Å². The SMILES string of the molecule is N#Cc1ccc(F)c(CSc2nc3ccccc3c(=O)n2C2CC2)c1. The molecule has 1 heterocycles. The smallest absolute Gasteiger partial charge is 0.262 e. The number of hydrogen-bond acceptors (Lipinski definition) is 4. The Morgan fingerprint density at radius 1 is 1.28 bits per heavy atom. The molecule has 0 bridgehead atoms. The van der Waals surface area contributed by atoms with Crippen LogP contribution in [0.1, 0.15) is 30.0 Å². The monoisotopic (exact) mass is 351 g/mol. The van der Waals surface area contributed by atoms with Gasteiger partial charge < -0.3 is 0 Å². The third-order valence-electron chi connectivity index (χ3n) is 4.22. The number of thioether (sulfide) groups is 1. The lowest BCUT2D eigenvalue weighted by Gasteiger charge is -2.12. The Morgan fingerprint density at radius 2 is 2.08 bits per heavy atom. The van der Waals surface area contributed by atoms with E-state index in [1.54, 1.807) is 16.7 Å². The summed E-state index contributed by atoms with van der Waals surface area (Å²) in [5.74, 6) is -0.0358. The Hall–Kier alpha value is -2.65. The van der Waals surface area contributed by atoms with E-state index < -0.39 is 0 Å². The number of benzene rings is 2. The Bertz CT molecular complexity index is 1070. The summed E-state index contributed by atoms with van der Waals surface area (Å²) in [4.78, 5) is 17.4. The first-order chi connectivity index (χ1) is 12.2. The molecule has 1 aliphatic carbocycles. The molecule has 1 aliphatic rings.